The number of halogens is 3. The minimum absolute atomic E-state index is 0.106. The lowest BCUT2D eigenvalue weighted by molar-refractivity contribution is -0.138. The van der Waals surface area contributed by atoms with Crippen molar-refractivity contribution in [2.75, 3.05) is 25.0 Å². The zero-order chi connectivity index (χ0) is 24.5. The average Bonchev–Trinajstić information content (AvgIpc) is 3.48. The quantitative estimate of drug-likeness (QED) is 0.561. The van der Waals surface area contributed by atoms with E-state index in [1.165, 1.54) is 17.2 Å². The average molecular weight is 478 g/mol. The smallest absolute Gasteiger partial charge is 0.260 e. The van der Waals surface area contributed by atoms with Crippen LogP contribution in [0.3, 0.4) is 0 Å². The van der Waals surface area contributed by atoms with Gasteiger partial charge in [-0.1, -0.05) is 0 Å². The molecule has 0 radical (unpaired) electrons. The Hall–Kier alpha value is -3.18. The number of benzene rings is 1. The van der Waals surface area contributed by atoms with E-state index >= 15 is 0 Å². The third-order valence-corrected chi connectivity index (χ3v) is 5.99. The summed E-state index contributed by atoms with van der Waals surface area (Å²) < 4.78 is 46.7. The summed E-state index contributed by atoms with van der Waals surface area (Å²) >= 11 is 0. The highest BCUT2D eigenvalue weighted by atomic mass is 19.3. The summed E-state index contributed by atoms with van der Waals surface area (Å²) in [7, 11) is 0. The van der Waals surface area contributed by atoms with Crippen LogP contribution in [0.4, 0.5) is 18.9 Å². The van der Waals surface area contributed by atoms with E-state index in [1.54, 1.807) is 24.3 Å². The number of carbonyl (C=O) groups excluding carboxylic acids is 2. The molecule has 34 heavy (non-hydrogen) atoms. The van der Waals surface area contributed by atoms with E-state index < -0.39 is 49.0 Å². The van der Waals surface area contributed by atoms with Gasteiger partial charge < -0.3 is 25.8 Å². The number of pyridine rings is 1. The van der Waals surface area contributed by atoms with Gasteiger partial charge >= 0.3 is 0 Å². The number of nitrogens with zero attached hydrogens (tertiary/aromatic N) is 2. The van der Waals surface area contributed by atoms with Crippen LogP contribution in [0.2, 0.25) is 0 Å². The van der Waals surface area contributed by atoms with Crippen molar-refractivity contribution < 1.29 is 32.6 Å². The maximum Gasteiger partial charge on any atom is 0.260 e. The van der Waals surface area contributed by atoms with Gasteiger partial charge in [-0.2, -0.15) is 0 Å². The van der Waals surface area contributed by atoms with E-state index in [0.29, 0.717) is 28.3 Å². The molecule has 2 aliphatic rings. The number of nitrogens with two attached hydrogens (primary N) is 1. The molecule has 4 rings (SSSR count). The number of carbonyl (C=O) groups is 2. The van der Waals surface area contributed by atoms with Crippen molar-refractivity contribution >= 4 is 17.5 Å². The van der Waals surface area contributed by atoms with Crippen LogP contribution in [-0.4, -0.2) is 64.7 Å². The van der Waals surface area contributed by atoms with Crippen LogP contribution in [0.5, 0.6) is 5.75 Å². The Morgan fingerprint density at radius 3 is 2.71 bits per heavy atom. The molecule has 1 saturated carbocycles. The molecular formula is C23H25F3N4O4. The first-order valence-electron chi connectivity index (χ1n) is 10.9. The monoisotopic (exact) mass is 478 g/mol. The standard InChI is InChI=1S/C23H25F3N4O4/c24-17-11-30(21(32)12-31)6-4-20(17)34-19-2-1-13(7-14(19)10-27)18-8-15(3-5-28-18)29-22(33)16-9-23(16,25)26/h1-3,5,7-8,16-17,20,31H,4,6,9-12,27H2,(H,28,29,33)/t16?,17-,20+/m1/s1. The molecule has 1 unspecified atom stereocenters. The van der Waals surface area contributed by atoms with Crippen LogP contribution >= 0.6 is 0 Å². The number of aromatic nitrogens is 1. The molecule has 3 atom stereocenters. The number of aliphatic hydroxyl groups is 1. The SMILES string of the molecule is NCc1cc(-c2cc(NC(=O)C3CC3(F)F)ccn2)ccc1O[C@H]1CCN(C(=O)CO)C[C@H]1F. The Morgan fingerprint density at radius 1 is 1.29 bits per heavy atom. The van der Waals surface area contributed by atoms with Crippen LogP contribution < -0.4 is 15.8 Å². The normalized spacial score (nSPS) is 23.3. The molecular weight excluding hydrogens is 453 g/mol. The highest BCUT2D eigenvalue weighted by Gasteiger charge is 2.61. The lowest BCUT2D eigenvalue weighted by Crippen LogP contribution is -2.50. The van der Waals surface area contributed by atoms with Gasteiger partial charge in [0.05, 0.1) is 12.2 Å². The van der Waals surface area contributed by atoms with E-state index in [1.807, 2.05) is 0 Å². The number of nitrogens with one attached hydrogen (secondary N) is 1. The Bertz CT molecular complexity index is 1080. The second kappa shape index (κ2) is 9.59. The minimum atomic E-state index is -2.95. The molecule has 2 fully saturated rings. The first-order valence-corrected chi connectivity index (χ1v) is 10.9. The summed E-state index contributed by atoms with van der Waals surface area (Å²) in [6.45, 7) is -0.441. The number of amides is 2. The molecule has 1 aromatic heterocycles. The summed E-state index contributed by atoms with van der Waals surface area (Å²) in [5.74, 6) is -5.11. The van der Waals surface area contributed by atoms with Gasteiger partial charge in [-0.25, -0.2) is 13.2 Å². The molecule has 4 N–H and O–H groups in total. The van der Waals surface area contributed by atoms with E-state index in [9.17, 15) is 22.8 Å². The van der Waals surface area contributed by atoms with Crippen molar-refractivity contribution in [2.24, 2.45) is 11.7 Å². The van der Waals surface area contributed by atoms with Crippen LogP contribution in [0, 0.1) is 5.92 Å². The fourth-order valence-electron chi connectivity index (χ4n) is 3.91. The molecule has 0 spiro atoms. The predicted molar refractivity (Wildman–Crippen MR) is 117 cm³/mol. The largest absolute Gasteiger partial charge is 0.487 e. The van der Waals surface area contributed by atoms with Crippen molar-refractivity contribution in [3.8, 4) is 17.0 Å². The highest BCUT2D eigenvalue weighted by molar-refractivity contribution is 5.95. The lowest BCUT2D eigenvalue weighted by Gasteiger charge is -2.34. The van der Waals surface area contributed by atoms with Crippen LogP contribution in [0.1, 0.15) is 18.4 Å². The number of hydrogen-bond acceptors (Lipinski definition) is 6. The number of alkyl halides is 3. The first-order chi connectivity index (χ1) is 16.2. The Labute approximate surface area is 193 Å². The third-order valence-electron chi connectivity index (χ3n) is 5.99. The molecule has 182 valence electrons. The summed E-state index contributed by atoms with van der Waals surface area (Å²) in [5.41, 5.74) is 7.96. The lowest BCUT2D eigenvalue weighted by atomic mass is 10.0. The molecule has 1 aliphatic heterocycles. The molecule has 2 amide bonds. The van der Waals surface area contributed by atoms with Crippen molar-refractivity contribution in [1.82, 2.24) is 9.88 Å². The van der Waals surface area contributed by atoms with Crippen molar-refractivity contribution in [1.29, 1.82) is 0 Å². The Balaban J connectivity index is 1.45. The number of anilines is 1. The van der Waals surface area contributed by atoms with E-state index in [-0.39, 0.29) is 26.1 Å². The molecule has 1 aliphatic carbocycles. The van der Waals surface area contributed by atoms with Gasteiger partial charge in [0.25, 0.3) is 5.92 Å². The zero-order valence-corrected chi connectivity index (χ0v) is 18.2. The molecule has 11 heteroatoms. The van der Waals surface area contributed by atoms with Gasteiger partial charge in [-0.05, 0) is 30.3 Å². The van der Waals surface area contributed by atoms with E-state index in [2.05, 4.69) is 10.3 Å². The van der Waals surface area contributed by atoms with Crippen LogP contribution in [-0.2, 0) is 16.1 Å². The van der Waals surface area contributed by atoms with Gasteiger partial charge in [0, 0.05) is 48.9 Å². The topological polar surface area (TPSA) is 118 Å². The van der Waals surface area contributed by atoms with E-state index in [0.717, 1.165) is 0 Å². The maximum atomic E-state index is 14.6. The maximum absolute atomic E-state index is 14.6. The number of likely N-dealkylation sites (tertiary alicyclic amines) is 1. The Kier molecular flexibility index (Phi) is 6.76. The molecule has 1 aromatic carbocycles. The molecule has 1 saturated heterocycles. The third kappa shape index (κ3) is 5.15. The fraction of sp³-hybridized carbons (Fsp3) is 0.435. The summed E-state index contributed by atoms with van der Waals surface area (Å²) in [6.07, 6.45) is -0.916. The number of ether oxygens (including phenoxy) is 1. The Morgan fingerprint density at radius 2 is 2.06 bits per heavy atom. The van der Waals surface area contributed by atoms with E-state index in [4.69, 9.17) is 15.6 Å². The number of aliphatic hydroxyl groups excluding tert-OH is 1. The molecule has 0 bridgehead atoms. The summed E-state index contributed by atoms with van der Waals surface area (Å²) in [4.78, 5) is 29.1. The first kappa shape index (κ1) is 24.0. The van der Waals surface area contributed by atoms with Crippen molar-refractivity contribution in [3.63, 3.8) is 0 Å². The summed E-state index contributed by atoms with van der Waals surface area (Å²) in [6, 6.07) is 8.16. The number of piperidine rings is 1. The number of rotatable bonds is 7. The second-order valence-corrected chi connectivity index (χ2v) is 8.42. The fourth-order valence-corrected chi connectivity index (χ4v) is 3.91. The van der Waals surface area contributed by atoms with Crippen LogP contribution in [0.15, 0.2) is 36.5 Å². The van der Waals surface area contributed by atoms with Gasteiger partial charge in [-0.15, -0.1) is 0 Å². The van der Waals surface area contributed by atoms with Crippen molar-refractivity contribution in [3.05, 3.63) is 42.1 Å². The second-order valence-electron chi connectivity index (χ2n) is 8.42. The van der Waals surface area contributed by atoms with Gasteiger partial charge in [0.15, 0.2) is 6.17 Å². The number of hydrogen-bond donors (Lipinski definition) is 3. The zero-order valence-electron chi connectivity index (χ0n) is 18.2. The van der Waals surface area contributed by atoms with Crippen molar-refractivity contribution in [2.45, 2.75) is 37.6 Å². The summed E-state index contributed by atoms with van der Waals surface area (Å²) in [5, 5.41) is 11.4. The van der Waals surface area contributed by atoms with Gasteiger partial charge in [-0.3, -0.25) is 14.6 Å². The molecule has 8 nitrogen and oxygen atoms in total. The predicted octanol–water partition coefficient (Wildman–Crippen LogP) is 2.11. The highest BCUT2D eigenvalue weighted by Crippen LogP contribution is 2.49. The van der Waals surface area contributed by atoms with Crippen LogP contribution in [0.25, 0.3) is 11.3 Å². The van der Waals surface area contributed by atoms with Gasteiger partial charge in [0.1, 0.15) is 24.4 Å². The van der Waals surface area contributed by atoms with Gasteiger partial charge in [0.2, 0.25) is 11.8 Å². The minimum Gasteiger partial charge on any atom is -0.487 e. The molecule has 2 aromatic rings. The molecule has 2 heterocycles.